The highest BCUT2D eigenvalue weighted by molar-refractivity contribution is 9.10. The Labute approximate surface area is 86.0 Å². The Kier molecular flexibility index (Phi) is 1.99. The summed E-state index contributed by atoms with van der Waals surface area (Å²) < 4.78 is 12.3. The topological polar surface area (TPSA) is 18.5 Å². The number of ether oxygens (including phenoxy) is 2. The average Bonchev–Trinajstić information content (AvgIpc) is 2.42. The molecular formula is C10H11BrO2. The smallest absolute Gasteiger partial charge is 0.248 e. The van der Waals surface area contributed by atoms with Gasteiger partial charge in [-0.1, -0.05) is 22.9 Å². The molecule has 0 fully saturated rings. The lowest BCUT2D eigenvalue weighted by Crippen LogP contribution is -2.33. The largest absolute Gasteiger partial charge is 0.449 e. The second-order valence-corrected chi connectivity index (χ2v) is 4.20. The van der Waals surface area contributed by atoms with Crippen LogP contribution >= 0.6 is 15.9 Å². The van der Waals surface area contributed by atoms with Crippen molar-refractivity contribution in [3.05, 3.63) is 22.7 Å². The van der Waals surface area contributed by atoms with E-state index in [1.165, 1.54) is 0 Å². The predicted molar refractivity (Wildman–Crippen MR) is 54.1 cm³/mol. The van der Waals surface area contributed by atoms with Gasteiger partial charge >= 0.3 is 0 Å². The zero-order valence-corrected chi connectivity index (χ0v) is 9.22. The highest BCUT2D eigenvalue weighted by atomic mass is 79.9. The first-order chi connectivity index (χ1) is 6.13. The summed E-state index contributed by atoms with van der Waals surface area (Å²) in [7, 11) is 0. The van der Waals surface area contributed by atoms with Gasteiger partial charge in [-0.3, -0.25) is 0 Å². The van der Waals surface area contributed by atoms with Crippen molar-refractivity contribution in [2.45, 2.75) is 26.1 Å². The molecule has 1 aliphatic rings. The molecule has 3 heteroatoms. The molecule has 2 rings (SSSR count). The van der Waals surface area contributed by atoms with Gasteiger partial charge in [-0.15, -0.1) is 0 Å². The molecule has 0 amide bonds. The van der Waals surface area contributed by atoms with Crippen LogP contribution in [-0.4, -0.2) is 5.79 Å². The van der Waals surface area contributed by atoms with E-state index in [-0.39, 0.29) is 0 Å². The molecule has 1 unspecified atom stereocenters. The monoisotopic (exact) mass is 242 g/mol. The minimum absolute atomic E-state index is 0.483. The van der Waals surface area contributed by atoms with Crippen LogP contribution in [0.5, 0.6) is 11.5 Å². The fourth-order valence-corrected chi connectivity index (χ4v) is 1.62. The molecule has 0 bridgehead atoms. The van der Waals surface area contributed by atoms with Crippen LogP contribution in [0.4, 0.5) is 0 Å². The molecule has 2 nitrogen and oxygen atoms in total. The van der Waals surface area contributed by atoms with Gasteiger partial charge in [-0.05, 0) is 18.2 Å². The molecule has 0 radical (unpaired) electrons. The normalized spacial score (nSPS) is 24.8. The van der Waals surface area contributed by atoms with E-state index in [0.29, 0.717) is 0 Å². The molecule has 0 saturated heterocycles. The van der Waals surface area contributed by atoms with Gasteiger partial charge in [0.25, 0.3) is 0 Å². The van der Waals surface area contributed by atoms with E-state index in [1.807, 2.05) is 32.0 Å². The Morgan fingerprint density at radius 2 is 2.00 bits per heavy atom. The van der Waals surface area contributed by atoms with Crippen molar-refractivity contribution in [3.8, 4) is 11.5 Å². The molecule has 0 saturated carbocycles. The van der Waals surface area contributed by atoms with E-state index >= 15 is 0 Å². The summed E-state index contributed by atoms with van der Waals surface area (Å²) in [4.78, 5) is 0. The fraction of sp³-hybridized carbons (Fsp3) is 0.400. The van der Waals surface area contributed by atoms with Crippen molar-refractivity contribution in [1.29, 1.82) is 0 Å². The summed E-state index contributed by atoms with van der Waals surface area (Å²) >= 11 is 3.39. The van der Waals surface area contributed by atoms with Crippen LogP contribution in [0.25, 0.3) is 0 Å². The van der Waals surface area contributed by atoms with Crippen LogP contribution in [0.2, 0.25) is 0 Å². The van der Waals surface area contributed by atoms with E-state index in [1.54, 1.807) is 0 Å². The number of rotatable bonds is 1. The second kappa shape index (κ2) is 2.91. The van der Waals surface area contributed by atoms with Gasteiger partial charge in [0.1, 0.15) is 0 Å². The zero-order chi connectivity index (χ0) is 9.47. The Morgan fingerprint density at radius 1 is 1.31 bits per heavy atom. The van der Waals surface area contributed by atoms with Crippen molar-refractivity contribution >= 4 is 15.9 Å². The fourth-order valence-electron chi connectivity index (χ4n) is 1.28. The summed E-state index contributed by atoms with van der Waals surface area (Å²) in [6.45, 7) is 3.99. The molecule has 0 N–H and O–H groups in total. The molecule has 0 spiro atoms. The van der Waals surface area contributed by atoms with Gasteiger partial charge in [0.2, 0.25) is 5.79 Å². The van der Waals surface area contributed by atoms with Gasteiger partial charge in [-0.25, -0.2) is 0 Å². The number of hydrogen-bond acceptors (Lipinski definition) is 2. The highest BCUT2D eigenvalue weighted by Gasteiger charge is 2.34. The van der Waals surface area contributed by atoms with Crippen LogP contribution in [0.1, 0.15) is 20.3 Å². The Bertz CT molecular complexity index is 338. The van der Waals surface area contributed by atoms with Crippen LogP contribution in [0, 0.1) is 0 Å². The third-order valence-corrected chi connectivity index (χ3v) is 2.69. The van der Waals surface area contributed by atoms with E-state index in [4.69, 9.17) is 9.47 Å². The standard InChI is InChI=1S/C10H11BrO2/c1-3-10(2)12-8-5-4-7(11)6-9(8)13-10/h4-6H,3H2,1-2H3. The second-order valence-electron chi connectivity index (χ2n) is 3.28. The predicted octanol–water partition coefficient (Wildman–Crippen LogP) is 3.35. The van der Waals surface area contributed by atoms with Gasteiger partial charge < -0.3 is 9.47 Å². The Balaban J connectivity index is 2.35. The van der Waals surface area contributed by atoms with Crippen LogP contribution in [0.3, 0.4) is 0 Å². The van der Waals surface area contributed by atoms with Crippen molar-refractivity contribution in [1.82, 2.24) is 0 Å². The van der Waals surface area contributed by atoms with E-state index in [0.717, 1.165) is 22.4 Å². The average molecular weight is 243 g/mol. The molecule has 0 aliphatic carbocycles. The lowest BCUT2D eigenvalue weighted by molar-refractivity contribution is -0.0640. The van der Waals surface area contributed by atoms with Crippen molar-refractivity contribution in [3.63, 3.8) is 0 Å². The van der Waals surface area contributed by atoms with E-state index < -0.39 is 5.79 Å². The molecule has 1 aliphatic heterocycles. The Morgan fingerprint density at radius 3 is 2.69 bits per heavy atom. The van der Waals surface area contributed by atoms with E-state index in [9.17, 15) is 0 Å². The minimum atomic E-state index is -0.483. The third-order valence-electron chi connectivity index (χ3n) is 2.20. The molecule has 1 aromatic carbocycles. The van der Waals surface area contributed by atoms with Gasteiger partial charge in [0.05, 0.1) is 0 Å². The first kappa shape index (κ1) is 8.88. The number of benzene rings is 1. The minimum Gasteiger partial charge on any atom is -0.449 e. The first-order valence-electron chi connectivity index (χ1n) is 4.30. The lowest BCUT2D eigenvalue weighted by atomic mass is 10.2. The highest BCUT2D eigenvalue weighted by Crippen LogP contribution is 2.41. The Hall–Kier alpha value is -0.700. The summed E-state index contributed by atoms with van der Waals surface area (Å²) in [5, 5.41) is 0. The van der Waals surface area contributed by atoms with Crippen LogP contribution in [-0.2, 0) is 0 Å². The van der Waals surface area contributed by atoms with Crippen molar-refractivity contribution in [2.24, 2.45) is 0 Å². The zero-order valence-electron chi connectivity index (χ0n) is 7.63. The molecular weight excluding hydrogens is 232 g/mol. The molecule has 70 valence electrons. The summed E-state index contributed by atoms with van der Waals surface area (Å²) in [5.74, 6) is 1.16. The maximum atomic E-state index is 5.67. The van der Waals surface area contributed by atoms with Crippen molar-refractivity contribution in [2.75, 3.05) is 0 Å². The number of fused-ring (bicyclic) bond motifs is 1. The molecule has 1 heterocycles. The van der Waals surface area contributed by atoms with Gasteiger partial charge in [-0.2, -0.15) is 0 Å². The quantitative estimate of drug-likeness (QED) is 0.753. The van der Waals surface area contributed by atoms with Gasteiger partial charge in [0, 0.05) is 17.8 Å². The van der Waals surface area contributed by atoms with Crippen LogP contribution < -0.4 is 9.47 Å². The van der Waals surface area contributed by atoms with Crippen molar-refractivity contribution < 1.29 is 9.47 Å². The molecule has 0 aromatic heterocycles. The molecule has 1 atom stereocenters. The molecule has 1 aromatic rings. The number of halogens is 1. The summed E-state index contributed by atoms with van der Waals surface area (Å²) in [6, 6.07) is 5.79. The summed E-state index contributed by atoms with van der Waals surface area (Å²) in [5.41, 5.74) is 0. The van der Waals surface area contributed by atoms with Gasteiger partial charge in [0.15, 0.2) is 11.5 Å². The maximum Gasteiger partial charge on any atom is 0.248 e. The first-order valence-corrected chi connectivity index (χ1v) is 5.10. The SMILES string of the molecule is CCC1(C)Oc2ccc(Br)cc2O1. The lowest BCUT2D eigenvalue weighted by Gasteiger charge is -2.20. The van der Waals surface area contributed by atoms with Crippen LogP contribution in [0.15, 0.2) is 22.7 Å². The maximum absolute atomic E-state index is 5.67. The molecule has 13 heavy (non-hydrogen) atoms. The number of hydrogen-bond donors (Lipinski definition) is 0. The third kappa shape index (κ3) is 1.53. The van der Waals surface area contributed by atoms with E-state index in [2.05, 4.69) is 15.9 Å². The summed E-state index contributed by atoms with van der Waals surface area (Å²) in [6.07, 6.45) is 0.833.